The third-order valence-corrected chi connectivity index (χ3v) is 3.25. The highest BCUT2D eigenvalue weighted by Crippen LogP contribution is 2.44. The molecule has 0 saturated carbocycles. The van der Waals surface area contributed by atoms with E-state index in [1.165, 1.54) is 6.07 Å². The summed E-state index contributed by atoms with van der Waals surface area (Å²) in [5, 5.41) is 12.1. The summed E-state index contributed by atoms with van der Waals surface area (Å²) < 4.78 is 32.1. The van der Waals surface area contributed by atoms with Gasteiger partial charge in [0.2, 0.25) is 0 Å². The summed E-state index contributed by atoms with van der Waals surface area (Å²) in [5.41, 5.74) is 7.02. The minimum absolute atomic E-state index is 0.0313. The molecule has 0 atom stereocenters. The topological polar surface area (TPSA) is 111 Å². The molecule has 0 aliphatic carbocycles. The summed E-state index contributed by atoms with van der Waals surface area (Å²) >= 11 is 0. The van der Waals surface area contributed by atoms with Crippen molar-refractivity contribution in [2.75, 3.05) is 24.2 Å². The normalized spacial score (nSPS) is 15.7. The number of hydrogen-bond donors (Lipinski definition) is 3. The zero-order valence-corrected chi connectivity index (χ0v) is 10.6. The fourth-order valence-corrected chi connectivity index (χ4v) is 2.58. The van der Waals surface area contributed by atoms with Gasteiger partial charge in [0.05, 0.1) is 0 Å². The van der Waals surface area contributed by atoms with Crippen LogP contribution in [0.5, 0.6) is 11.5 Å². The Labute approximate surface area is 105 Å². The lowest BCUT2D eigenvalue weighted by molar-refractivity contribution is 0.297. The Morgan fingerprint density at radius 2 is 2.17 bits per heavy atom. The van der Waals surface area contributed by atoms with Crippen molar-refractivity contribution in [2.45, 2.75) is 13.3 Å². The molecule has 1 aliphatic heterocycles. The fourth-order valence-electron chi connectivity index (χ4n) is 1.79. The predicted molar refractivity (Wildman–Crippen MR) is 66.0 cm³/mol. The van der Waals surface area contributed by atoms with Crippen LogP contribution < -0.4 is 19.4 Å². The van der Waals surface area contributed by atoms with Crippen LogP contribution >= 0.6 is 0 Å². The molecule has 0 unspecified atom stereocenters. The van der Waals surface area contributed by atoms with Gasteiger partial charge in [-0.2, -0.15) is 0 Å². The molecule has 100 valence electrons. The first-order valence-corrected chi connectivity index (χ1v) is 6.75. The number of rotatable bonds is 4. The number of hydrogen-bond acceptors (Lipinski definition) is 7. The van der Waals surface area contributed by atoms with Crippen molar-refractivity contribution in [2.24, 2.45) is 0 Å². The number of nitrogens with two attached hydrogens (primary N) is 1. The second-order valence-electron chi connectivity index (χ2n) is 3.72. The monoisotopic (exact) mass is 274 g/mol. The van der Waals surface area contributed by atoms with Crippen molar-refractivity contribution in [3.63, 3.8) is 0 Å². The van der Waals surface area contributed by atoms with Gasteiger partial charge in [0.25, 0.3) is 0 Å². The van der Waals surface area contributed by atoms with E-state index < -0.39 is 10.4 Å². The summed E-state index contributed by atoms with van der Waals surface area (Å²) in [6.07, 6.45) is 0.234. The quantitative estimate of drug-likeness (QED) is 0.675. The van der Waals surface area contributed by atoms with E-state index >= 15 is 0 Å². The number of nitrogens with one attached hydrogen (secondary N) is 1. The Bertz CT molecular complexity index is 570. The van der Waals surface area contributed by atoms with E-state index in [0.29, 0.717) is 17.8 Å². The zero-order chi connectivity index (χ0) is 13.3. The lowest BCUT2D eigenvalue weighted by Crippen LogP contribution is -2.24. The minimum atomic E-state index is -4.11. The molecule has 1 heterocycles. The molecule has 0 saturated heterocycles. The summed E-state index contributed by atoms with van der Waals surface area (Å²) in [7, 11) is -4.11. The van der Waals surface area contributed by atoms with Gasteiger partial charge in [-0.3, -0.25) is 0 Å². The zero-order valence-electron chi connectivity index (χ0n) is 9.76. The largest absolute Gasteiger partial charge is 0.501 e. The Balaban J connectivity index is 2.60. The molecule has 1 aliphatic rings. The molecule has 8 heteroatoms. The van der Waals surface area contributed by atoms with E-state index in [0.717, 1.165) is 0 Å². The minimum Gasteiger partial charge on any atom is -0.396 e. The molecule has 7 nitrogen and oxygen atoms in total. The van der Waals surface area contributed by atoms with Crippen molar-refractivity contribution in [3.8, 4) is 11.5 Å². The second-order valence-corrected chi connectivity index (χ2v) is 4.87. The van der Waals surface area contributed by atoms with E-state index in [-0.39, 0.29) is 30.2 Å². The van der Waals surface area contributed by atoms with E-state index in [1.54, 1.807) is 0 Å². The summed E-state index contributed by atoms with van der Waals surface area (Å²) in [6, 6.07) is 1.49. The van der Waals surface area contributed by atoms with Gasteiger partial charge in [-0.15, -0.1) is 8.42 Å². The first-order chi connectivity index (χ1) is 8.48. The van der Waals surface area contributed by atoms with Gasteiger partial charge < -0.3 is 24.5 Å². The van der Waals surface area contributed by atoms with Crippen LogP contribution in [-0.4, -0.2) is 26.7 Å². The van der Waals surface area contributed by atoms with Crippen LogP contribution in [0, 0.1) is 0 Å². The summed E-state index contributed by atoms with van der Waals surface area (Å²) in [5.74, 6) is 0.0673. The molecule has 0 fully saturated rings. The van der Waals surface area contributed by atoms with Crippen LogP contribution in [0.1, 0.15) is 12.5 Å². The number of aliphatic hydroxyl groups excluding tert-OH is 1. The van der Waals surface area contributed by atoms with Crippen LogP contribution in [0.15, 0.2) is 6.07 Å². The van der Waals surface area contributed by atoms with Crippen molar-refractivity contribution in [3.05, 3.63) is 11.6 Å². The summed E-state index contributed by atoms with van der Waals surface area (Å²) in [6.45, 7) is 2.38. The highest BCUT2D eigenvalue weighted by Gasteiger charge is 2.31. The SMILES string of the molecule is CCNc1cc2c(N)c(c1CCO)OS(=O)(=O)O2. The maximum absolute atomic E-state index is 11.3. The number of fused-ring (bicyclic) bond motifs is 2. The molecule has 0 spiro atoms. The van der Waals surface area contributed by atoms with Gasteiger partial charge in [0.1, 0.15) is 5.69 Å². The number of nitrogen functional groups attached to an aromatic ring is 1. The standard InChI is InChI=1S/C10H14N2O5S/c1-2-12-7-5-8-9(11)10(6(7)3-4-13)17-18(14,15)16-8/h5,12-13H,2-4,11H2,1H3. The maximum atomic E-state index is 11.3. The third kappa shape index (κ3) is 2.16. The molecule has 4 N–H and O–H groups in total. The van der Waals surface area contributed by atoms with Gasteiger partial charge in [-0.25, -0.2) is 0 Å². The number of benzene rings is 1. The van der Waals surface area contributed by atoms with Gasteiger partial charge in [-0.05, 0) is 6.92 Å². The van der Waals surface area contributed by atoms with Crippen LogP contribution in [0.2, 0.25) is 0 Å². The average molecular weight is 274 g/mol. The van der Waals surface area contributed by atoms with Crippen molar-refractivity contribution < 1.29 is 21.9 Å². The van der Waals surface area contributed by atoms with Gasteiger partial charge in [0, 0.05) is 36.9 Å². The third-order valence-electron chi connectivity index (χ3n) is 2.49. The van der Waals surface area contributed by atoms with E-state index in [9.17, 15) is 8.42 Å². The Morgan fingerprint density at radius 3 is 2.78 bits per heavy atom. The molecular formula is C10H14N2O5S. The molecule has 1 aromatic rings. The number of anilines is 2. The fraction of sp³-hybridized carbons (Fsp3) is 0.400. The van der Waals surface area contributed by atoms with Crippen LogP contribution in [-0.2, 0) is 16.8 Å². The maximum Gasteiger partial charge on any atom is 0.501 e. The molecular weight excluding hydrogens is 260 g/mol. The molecule has 0 amide bonds. The average Bonchev–Trinajstić information content (AvgIpc) is 2.27. The van der Waals surface area contributed by atoms with E-state index in [1.807, 2.05) is 6.92 Å². The Morgan fingerprint density at radius 1 is 1.44 bits per heavy atom. The summed E-state index contributed by atoms with van der Waals surface area (Å²) in [4.78, 5) is 0. The molecule has 0 radical (unpaired) electrons. The Hall–Kier alpha value is -1.67. The molecule has 18 heavy (non-hydrogen) atoms. The molecule has 2 bridgehead atoms. The lowest BCUT2D eigenvalue weighted by Gasteiger charge is -2.23. The second kappa shape index (κ2) is 4.54. The van der Waals surface area contributed by atoms with Gasteiger partial charge >= 0.3 is 10.4 Å². The molecule has 0 aromatic heterocycles. The molecule has 1 aromatic carbocycles. The van der Waals surface area contributed by atoms with Gasteiger partial charge in [0.15, 0.2) is 11.5 Å². The smallest absolute Gasteiger partial charge is 0.396 e. The highest BCUT2D eigenvalue weighted by atomic mass is 32.3. The van der Waals surface area contributed by atoms with Crippen LogP contribution in [0.25, 0.3) is 0 Å². The van der Waals surface area contributed by atoms with Crippen molar-refractivity contribution >= 4 is 21.8 Å². The first kappa shape index (κ1) is 12.8. The first-order valence-electron chi connectivity index (χ1n) is 5.42. The van der Waals surface area contributed by atoms with Crippen molar-refractivity contribution in [1.82, 2.24) is 0 Å². The van der Waals surface area contributed by atoms with Gasteiger partial charge in [-0.1, -0.05) is 0 Å². The Kier molecular flexibility index (Phi) is 3.22. The van der Waals surface area contributed by atoms with E-state index in [4.69, 9.17) is 15.0 Å². The number of aliphatic hydroxyl groups is 1. The van der Waals surface area contributed by atoms with Crippen LogP contribution in [0.4, 0.5) is 11.4 Å². The molecule has 2 rings (SSSR count). The van der Waals surface area contributed by atoms with Crippen molar-refractivity contribution in [1.29, 1.82) is 0 Å². The highest BCUT2D eigenvalue weighted by molar-refractivity contribution is 7.82. The van der Waals surface area contributed by atoms with E-state index in [2.05, 4.69) is 9.50 Å². The lowest BCUT2D eigenvalue weighted by atomic mass is 10.1. The predicted octanol–water partition coefficient (Wildman–Crippen LogP) is 0.251. The van der Waals surface area contributed by atoms with Crippen LogP contribution in [0.3, 0.4) is 0 Å².